The van der Waals surface area contributed by atoms with Crippen molar-refractivity contribution in [1.82, 2.24) is 9.38 Å². The van der Waals surface area contributed by atoms with Gasteiger partial charge in [0.15, 0.2) is 4.96 Å². The van der Waals surface area contributed by atoms with Gasteiger partial charge in [0.25, 0.3) is 0 Å². The summed E-state index contributed by atoms with van der Waals surface area (Å²) in [7, 11) is 1.65. The number of nitrogens with zero attached hydrogens (tertiary/aromatic N) is 2. The molecule has 0 aliphatic rings. The Bertz CT molecular complexity index is 1350. The van der Waals surface area contributed by atoms with Crippen LogP contribution in [0.3, 0.4) is 0 Å². The van der Waals surface area contributed by atoms with Gasteiger partial charge in [-0.25, -0.2) is 4.98 Å². The fraction of sp³-hybridized carbons (Fsp3) is 0.0833. The fourth-order valence-corrected chi connectivity index (χ4v) is 4.42. The summed E-state index contributed by atoms with van der Waals surface area (Å²) < 4.78 is 7.21. The number of anilines is 1. The predicted molar refractivity (Wildman–Crippen MR) is 121 cm³/mol. The van der Waals surface area contributed by atoms with Gasteiger partial charge in [-0.05, 0) is 35.7 Å². The highest BCUT2D eigenvalue weighted by Gasteiger charge is 2.13. The fourth-order valence-electron chi connectivity index (χ4n) is 3.55. The van der Waals surface area contributed by atoms with E-state index in [1.165, 1.54) is 11.3 Å². The van der Waals surface area contributed by atoms with Crippen LogP contribution in [0.15, 0.2) is 78.3 Å². The molecule has 0 bridgehead atoms. The molecular formula is C24H19N3O2S. The normalized spacial score (nSPS) is 11.1. The van der Waals surface area contributed by atoms with Crippen LogP contribution < -0.4 is 10.1 Å². The SMILES string of the molecule is COc1ccc(-c2cn3c(CC(=O)Nc4cccc5ccccc45)csc3n2)cc1. The molecule has 30 heavy (non-hydrogen) atoms. The Morgan fingerprint density at radius 2 is 1.87 bits per heavy atom. The van der Waals surface area contributed by atoms with Crippen molar-refractivity contribution in [2.45, 2.75) is 6.42 Å². The number of nitrogens with one attached hydrogen (secondary N) is 1. The molecule has 5 rings (SSSR count). The lowest BCUT2D eigenvalue weighted by atomic mass is 10.1. The number of amides is 1. The maximum atomic E-state index is 12.8. The number of benzene rings is 3. The third-order valence-electron chi connectivity index (χ3n) is 5.07. The summed E-state index contributed by atoms with van der Waals surface area (Å²) in [6.07, 6.45) is 2.26. The Morgan fingerprint density at radius 1 is 1.07 bits per heavy atom. The molecule has 0 aliphatic carbocycles. The maximum Gasteiger partial charge on any atom is 0.230 e. The third kappa shape index (κ3) is 3.42. The average Bonchev–Trinajstić information content (AvgIpc) is 3.36. The van der Waals surface area contributed by atoms with Crippen LogP contribution in [0.25, 0.3) is 27.0 Å². The van der Waals surface area contributed by atoms with E-state index in [1.807, 2.05) is 82.7 Å². The largest absolute Gasteiger partial charge is 0.497 e. The van der Waals surface area contributed by atoms with Crippen LogP contribution in [-0.4, -0.2) is 22.4 Å². The number of methoxy groups -OCH3 is 1. The number of imidazole rings is 1. The van der Waals surface area contributed by atoms with Gasteiger partial charge in [0.2, 0.25) is 5.91 Å². The van der Waals surface area contributed by atoms with Gasteiger partial charge in [0, 0.05) is 33.9 Å². The molecule has 0 atom stereocenters. The lowest BCUT2D eigenvalue weighted by molar-refractivity contribution is -0.115. The minimum absolute atomic E-state index is 0.0502. The van der Waals surface area contributed by atoms with Gasteiger partial charge in [0.1, 0.15) is 5.75 Å². The molecule has 0 fully saturated rings. The van der Waals surface area contributed by atoms with Crippen LogP contribution in [0, 0.1) is 0 Å². The zero-order chi connectivity index (χ0) is 20.5. The summed E-state index contributed by atoms with van der Waals surface area (Å²) in [6.45, 7) is 0. The number of fused-ring (bicyclic) bond motifs is 2. The van der Waals surface area contributed by atoms with Gasteiger partial charge in [0.05, 0.1) is 19.2 Å². The number of ether oxygens (including phenoxy) is 1. The van der Waals surface area contributed by atoms with Crippen LogP contribution in [0.4, 0.5) is 5.69 Å². The van der Waals surface area contributed by atoms with Gasteiger partial charge < -0.3 is 10.1 Å². The molecule has 1 amide bonds. The van der Waals surface area contributed by atoms with Crippen molar-refractivity contribution in [2.24, 2.45) is 0 Å². The van der Waals surface area contributed by atoms with Crippen molar-refractivity contribution < 1.29 is 9.53 Å². The molecule has 0 radical (unpaired) electrons. The Labute approximate surface area is 177 Å². The van der Waals surface area contributed by atoms with Gasteiger partial charge in [-0.15, -0.1) is 11.3 Å². The second-order valence-electron chi connectivity index (χ2n) is 6.99. The Kier molecular flexibility index (Phi) is 4.69. The monoisotopic (exact) mass is 413 g/mol. The highest BCUT2D eigenvalue weighted by molar-refractivity contribution is 7.15. The Balaban J connectivity index is 1.38. The summed E-state index contributed by atoms with van der Waals surface area (Å²) in [4.78, 5) is 18.3. The van der Waals surface area contributed by atoms with E-state index in [9.17, 15) is 4.79 Å². The van der Waals surface area contributed by atoms with E-state index in [1.54, 1.807) is 7.11 Å². The van der Waals surface area contributed by atoms with Crippen LogP contribution in [0.1, 0.15) is 5.69 Å². The summed E-state index contributed by atoms with van der Waals surface area (Å²) in [5.41, 5.74) is 3.63. The summed E-state index contributed by atoms with van der Waals surface area (Å²) in [5.74, 6) is 0.760. The molecule has 0 unspecified atom stereocenters. The maximum absolute atomic E-state index is 12.8. The predicted octanol–water partition coefficient (Wildman–Crippen LogP) is 5.41. The number of hydrogen-bond donors (Lipinski definition) is 1. The van der Waals surface area contributed by atoms with E-state index in [4.69, 9.17) is 9.72 Å². The number of thiazole rings is 1. The van der Waals surface area contributed by atoms with Crippen molar-refractivity contribution in [3.63, 3.8) is 0 Å². The highest BCUT2D eigenvalue weighted by atomic mass is 32.1. The zero-order valence-corrected chi connectivity index (χ0v) is 17.1. The molecule has 0 saturated heterocycles. The van der Waals surface area contributed by atoms with E-state index in [2.05, 4.69) is 5.32 Å². The van der Waals surface area contributed by atoms with Crippen LogP contribution in [-0.2, 0) is 11.2 Å². The molecule has 6 heteroatoms. The van der Waals surface area contributed by atoms with E-state index in [0.29, 0.717) is 0 Å². The standard InChI is InChI=1S/C24H19N3O2S/c1-29-19-11-9-17(10-12-19)22-14-27-18(15-30-24(27)26-22)13-23(28)25-21-8-4-6-16-5-2-3-7-20(16)21/h2-12,14-15H,13H2,1H3,(H,25,28). The Hall–Kier alpha value is -3.64. The first kappa shape index (κ1) is 18.4. The molecule has 1 N–H and O–H groups in total. The molecular weight excluding hydrogens is 394 g/mol. The van der Waals surface area contributed by atoms with E-state index >= 15 is 0 Å². The molecule has 5 aromatic rings. The van der Waals surface area contributed by atoms with E-state index in [-0.39, 0.29) is 12.3 Å². The van der Waals surface area contributed by atoms with Crippen molar-refractivity contribution in [1.29, 1.82) is 0 Å². The lowest BCUT2D eigenvalue weighted by Crippen LogP contribution is -2.15. The minimum Gasteiger partial charge on any atom is -0.497 e. The van der Waals surface area contributed by atoms with Crippen LogP contribution in [0.2, 0.25) is 0 Å². The Morgan fingerprint density at radius 3 is 2.70 bits per heavy atom. The number of carbonyl (C=O) groups is 1. The first-order valence-electron chi connectivity index (χ1n) is 9.59. The van der Waals surface area contributed by atoms with Gasteiger partial charge >= 0.3 is 0 Å². The second kappa shape index (κ2) is 7.65. The van der Waals surface area contributed by atoms with Gasteiger partial charge in [-0.1, -0.05) is 36.4 Å². The van der Waals surface area contributed by atoms with Gasteiger partial charge in [-0.3, -0.25) is 9.20 Å². The first-order chi connectivity index (χ1) is 14.7. The number of aromatic nitrogens is 2. The second-order valence-corrected chi connectivity index (χ2v) is 7.82. The molecule has 0 saturated carbocycles. The van der Waals surface area contributed by atoms with Crippen molar-refractivity contribution in [3.8, 4) is 17.0 Å². The molecule has 148 valence electrons. The molecule has 2 heterocycles. The number of carbonyl (C=O) groups excluding carboxylic acids is 1. The zero-order valence-electron chi connectivity index (χ0n) is 16.3. The molecule has 0 aliphatic heterocycles. The summed E-state index contributed by atoms with van der Waals surface area (Å²) in [5, 5.41) is 7.19. The molecule has 3 aromatic carbocycles. The quantitative estimate of drug-likeness (QED) is 0.419. The van der Waals surface area contributed by atoms with Crippen molar-refractivity contribution in [2.75, 3.05) is 12.4 Å². The summed E-state index contributed by atoms with van der Waals surface area (Å²) in [6, 6.07) is 21.8. The number of hydrogen-bond acceptors (Lipinski definition) is 4. The highest BCUT2D eigenvalue weighted by Crippen LogP contribution is 2.26. The number of rotatable bonds is 5. The topological polar surface area (TPSA) is 55.6 Å². The van der Waals surface area contributed by atoms with Crippen molar-refractivity contribution in [3.05, 3.63) is 84.0 Å². The summed E-state index contributed by atoms with van der Waals surface area (Å²) >= 11 is 1.54. The minimum atomic E-state index is -0.0502. The van der Waals surface area contributed by atoms with Crippen LogP contribution in [0.5, 0.6) is 5.75 Å². The molecule has 5 nitrogen and oxygen atoms in total. The third-order valence-corrected chi connectivity index (χ3v) is 5.96. The molecule has 2 aromatic heterocycles. The average molecular weight is 414 g/mol. The van der Waals surface area contributed by atoms with Crippen LogP contribution >= 0.6 is 11.3 Å². The lowest BCUT2D eigenvalue weighted by Gasteiger charge is -2.08. The first-order valence-corrected chi connectivity index (χ1v) is 10.5. The smallest absolute Gasteiger partial charge is 0.230 e. The van der Waals surface area contributed by atoms with E-state index in [0.717, 1.165) is 44.1 Å². The van der Waals surface area contributed by atoms with Gasteiger partial charge in [-0.2, -0.15) is 0 Å². The van der Waals surface area contributed by atoms with E-state index < -0.39 is 0 Å². The molecule has 0 spiro atoms. The van der Waals surface area contributed by atoms with Crippen molar-refractivity contribution >= 4 is 38.7 Å².